The molecule has 0 radical (unpaired) electrons. The normalized spacial score (nSPS) is 16.6. The van der Waals surface area contributed by atoms with E-state index in [9.17, 15) is 9.90 Å². The Labute approximate surface area is 127 Å². The zero-order chi connectivity index (χ0) is 14.7. The Morgan fingerprint density at radius 2 is 2.25 bits per heavy atom. The second-order valence-electron chi connectivity index (χ2n) is 5.40. The third-order valence-corrected chi connectivity index (χ3v) is 4.40. The minimum atomic E-state index is -0.918. The van der Waals surface area contributed by atoms with Crippen molar-refractivity contribution in [3.8, 4) is 5.75 Å². The van der Waals surface area contributed by atoms with Crippen LogP contribution in [0, 0.1) is 12.8 Å². The summed E-state index contributed by atoms with van der Waals surface area (Å²) in [5.74, 6) is -0.432. The average molecular weight is 342 g/mol. The van der Waals surface area contributed by atoms with Gasteiger partial charge in [-0.1, -0.05) is 12.5 Å². The number of aryl methyl sites for hydroxylation is 1. The number of carboxylic acid groups (broad SMARTS) is 1. The fourth-order valence-corrected chi connectivity index (χ4v) is 3.09. The van der Waals surface area contributed by atoms with E-state index in [1.54, 1.807) is 0 Å². The molecule has 1 unspecified atom stereocenters. The van der Waals surface area contributed by atoms with E-state index in [1.807, 2.05) is 19.1 Å². The van der Waals surface area contributed by atoms with Crippen LogP contribution in [0.3, 0.4) is 0 Å². The van der Waals surface area contributed by atoms with Crippen molar-refractivity contribution in [1.29, 1.82) is 0 Å². The smallest absolute Gasteiger partial charge is 0.312 e. The highest BCUT2D eigenvalue weighted by atomic mass is 79.9. The third-order valence-electron chi connectivity index (χ3n) is 3.81. The number of ether oxygens (including phenoxy) is 1. The zero-order valence-electron chi connectivity index (χ0n) is 11.6. The molecule has 0 aromatic heterocycles. The first-order chi connectivity index (χ1) is 9.52. The third kappa shape index (κ3) is 3.33. The van der Waals surface area contributed by atoms with Crippen LogP contribution in [0.2, 0.25) is 0 Å². The standard InChI is InChI=1S/C15H20BrNO3/c1-9-5-11(12(7-17)15(18)19)14(13(16)6-9)20-8-10-3-2-4-10/h5-6,10,12H,2-4,7-8,17H2,1H3,(H,18,19). The minimum absolute atomic E-state index is 0.0605. The molecule has 0 bridgehead atoms. The monoisotopic (exact) mass is 341 g/mol. The van der Waals surface area contributed by atoms with E-state index in [0.717, 1.165) is 10.0 Å². The maximum absolute atomic E-state index is 11.4. The van der Waals surface area contributed by atoms with Crippen LogP contribution >= 0.6 is 15.9 Å². The minimum Gasteiger partial charge on any atom is -0.492 e. The van der Waals surface area contributed by atoms with Gasteiger partial charge >= 0.3 is 5.97 Å². The van der Waals surface area contributed by atoms with E-state index in [-0.39, 0.29) is 6.54 Å². The van der Waals surface area contributed by atoms with Gasteiger partial charge in [-0.3, -0.25) is 4.79 Å². The van der Waals surface area contributed by atoms with Crippen LogP contribution in [0.25, 0.3) is 0 Å². The van der Waals surface area contributed by atoms with Crippen LogP contribution < -0.4 is 10.5 Å². The van der Waals surface area contributed by atoms with Gasteiger partial charge in [-0.2, -0.15) is 0 Å². The van der Waals surface area contributed by atoms with Gasteiger partial charge in [0, 0.05) is 12.1 Å². The highest BCUT2D eigenvalue weighted by Crippen LogP contribution is 2.37. The maximum atomic E-state index is 11.4. The summed E-state index contributed by atoms with van der Waals surface area (Å²) in [6.45, 7) is 2.63. The molecule has 0 aliphatic heterocycles. The molecule has 1 atom stereocenters. The van der Waals surface area contributed by atoms with Gasteiger partial charge in [-0.25, -0.2) is 0 Å². The molecular formula is C15H20BrNO3. The van der Waals surface area contributed by atoms with Crippen molar-refractivity contribution >= 4 is 21.9 Å². The first kappa shape index (κ1) is 15.3. The van der Waals surface area contributed by atoms with Crippen LogP contribution in [0.5, 0.6) is 5.75 Å². The first-order valence-electron chi connectivity index (χ1n) is 6.88. The second-order valence-corrected chi connectivity index (χ2v) is 6.25. The van der Waals surface area contributed by atoms with Gasteiger partial charge in [-0.15, -0.1) is 0 Å². The van der Waals surface area contributed by atoms with Crippen molar-refractivity contribution in [2.24, 2.45) is 11.7 Å². The average Bonchev–Trinajstić information content (AvgIpc) is 2.30. The fraction of sp³-hybridized carbons (Fsp3) is 0.533. The highest BCUT2D eigenvalue weighted by molar-refractivity contribution is 9.10. The van der Waals surface area contributed by atoms with Crippen molar-refractivity contribution in [2.75, 3.05) is 13.2 Å². The van der Waals surface area contributed by atoms with Gasteiger partial charge < -0.3 is 15.6 Å². The lowest BCUT2D eigenvalue weighted by molar-refractivity contribution is -0.138. The van der Waals surface area contributed by atoms with Crippen molar-refractivity contribution in [2.45, 2.75) is 32.1 Å². The molecule has 0 heterocycles. The Hall–Kier alpha value is -1.07. The van der Waals surface area contributed by atoms with E-state index in [2.05, 4.69) is 15.9 Å². The number of benzene rings is 1. The summed E-state index contributed by atoms with van der Waals surface area (Å²) in [5, 5.41) is 9.32. The van der Waals surface area contributed by atoms with Gasteiger partial charge in [0.15, 0.2) is 0 Å². The lowest BCUT2D eigenvalue weighted by Gasteiger charge is -2.27. The topological polar surface area (TPSA) is 72.5 Å². The molecule has 0 spiro atoms. The largest absolute Gasteiger partial charge is 0.492 e. The molecule has 3 N–H and O–H groups in total. The van der Waals surface area contributed by atoms with Crippen LogP contribution in [0.15, 0.2) is 16.6 Å². The first-order valence-corrected chi connectivity index (χ1v) is 7.68. The lowest BCUT2D eigenvalue weighted by atomic mass is 9.86. The molecule has 110 valence electrons. The molecule has 1 aromatic rings. The van der Waals surface area contributed by atoms with E-state index in [4.69, 9.17) is 10.5 Å². The molecule has 4 nitrogen and oxygen atoms in total. The van der Waals surface area contributed by atoms with Crippen molar-refractivity contribution < 1.29 is 14.6 Å². The van der Waals surface area contributed by atoms with Gasteiger partial charge in [0.2, 0.25) is 0 Å². The Morgan fingerprint density at radius 3 is 2.75 bits per heavy atom. The molecule has 1 aromatic carbocycles. The SMILES string of the molecule is Cc1cc(Br)c(OCC2CCC2)c(C(CN)C(=O)O)c1. The number of hydrogen-bond acceptors (Lipinski definition) is 3. The van der Waals surface area contributed by atoms with Gasteiger partial charge in [0.1, 0.15) is 5.75 Å². The highest BCUT2D eigenvalue weighted by Gasteiger charge is 2.25. The Kier molecular flexibility index (Phi) is 5.05. The van der Waals surface area contributed by atoms with Crippen LogP contribution in [-0.2, 0) is 4.79 Å². The quantitative estimate of drug-likeness (QED) is 0.833. The zero-order valence-corrected chi connectivity index (χ0v) is 13.1. The molecule has 1 aliphatic rings. The van der Waals surface area contributed by atoms with Crippen LogP contribution in [-0.4, -0.2) is 24.2 Å². The number of carboxylic acids is 1. The second kappa shape index (κ2) is 6.59. The summed E-state index contributed by atoms with van der Waals surface area (Å²) < 4.78 is 6.69. The summed E-state index contributed by atoms with van der Waals surface area (Å²) in [5.41, 5.74) is 7.26. The van der Waals surface area contributed by atoms with Crippen molar-refractivity contribution in [1.82, 2.24) is 0 Å². The molecule has 1 fully saturated rings. The number of halogens is 1. The number of carbonyl (C=O) groups is 1. The molecule has 1 saturated carbocycles. The summed E-state index contributed by atoms with van der Waals surface area (Å²) in [4.78, 5) is 11.4. The van der Waals surface area contributed by atoms with E-state index >= 15 is 0 Å². The summed E-state index contributed by atoms with van der Waals surface area (Å²) in [6, 6.07) is 3.79. The Morgan fingerprint density at radius 1 is 1.55 bits per heavy atom. The predicted molar refractivity (Wildman–Crippen MR) is 81.1 cm³/mol. The fourth-order valence-electron chi connectivity index (χ4n) is 2.39. The summed E-state index contributed by atoms with van der Waals surface area (Å²) >= 11 is 3.48. The summed E-state index contributed by atoms with van der Waals surface area (Å²) in [6.07, 6.45) is 3.65. The number of nitrogens with two attached hydrogens (primary N) is 1. The molecule has 1 aliphatic carbocycles. The van der Waals surface area contributed by atoms with E-state index in [1.165, 1.54) is 19.3 Å². The van der Waals surface area contributed by atoms with Crippen molar-refractivity contribution in [3.63, 3.8) is 0 Å². The van der Waals surface area contributed by atoms with Crippen LogP contribution in [0.1, 0.15) is 36.3 Å². The molecule has 2 rings (SSSR count). The number of aliphatic carboxylic acids is 1. The van der Waals surface area contributed by atoms with Crippen LogP contribution in [0.4, 0.5) is 0 Å². The maximum Gasteiger partial charge on any atom is 0.312 e. The Bertz CT molecular complexity index is 500. The van der Waals surface area contributed by atoms with Crippen molar-refractivity contribution in [3.05, 3.63) is 27.7 Å². The van der Waals surface area contributed by atoms with Gasteiger partial charge in [0.25, 0.3) is 0 Å². The molecule has 0 saturated heterocycles. The lowest BCUT2D eigenvalue weighted by Crippen LogP contribution is -2.24. The van der Waals surface area contributed by atoms with Gasteiger partial charge in [0.05, 0.1) is 17.0 Å². The Balaban J connectivity index is 2.28. The van der Waals surface area contributed by atoms with E-state index in [0.29, 0.717) is 23.8 Å². The van der Waals surface area contributed by atoms with Gasteiger partial charge in [-0.05, 0) is 53.2 Å². The molecule has 20 heavy (non-hydrogen) atoms. The number of hydrogen-bond donors (Lipinski definition) is 2. The molecule has 5 heteroatoms. The number of rotatable bonds is 6. The predicted octanol–water partition coefficient (Wildman–Crippen LogP) is 3.06. The molecule has 0 amide bonds. The summed E-state index contributed by atoms with van der Waals surface area (Å²) in [7, 11) is 0. The molecular weight excluding hydrogens is 322 g/mol. The van der Waals surface area contributed by atoms with E-state index < -0.39 is 11.9 Å².